The van der Waals surface area contributed by atoms with E-state index in [0.717, 1.165) is 6.54 Å². The highest BCUT2D eigenvalue weighted by Gasteiger charge is 2.33. The van der Waals surface area contributed by atoms with E-state index in [0.29, 0.717) is 5.41 Å². The van der Waals surface area contributed by atoms with Crippen molar-refractivity contribution < 1.29 is 0 Å². The van der Waals surface area contributed by atoms with E-state index < -0.39 is 0 Å². The minimum absolute atomic E-state index is 0.209. The molecule has 90 valence electrons. The number of thiophene rings is 1. The molecule has 2 heterocycles. The van der Waals surface area contributed by atoms with E-state index in [1.165, 1.54) is 19.3 Å². The van der Waals surface area contributed by atoms with Gasteiger partial charge < -0.3 is 5.32 Å². The fraction of sp³-hybridized carbons (Fsp3) is 0.714. The van der Waals surface area contributed by atoms with Crippen LogP contribution in [0.3, 0.4) is 0 Å². The van der Waals surface area contributed by atoms with Gasteiger partial charge in [-0.2, -0.15) is 0 Å². The molecular weight excluding hydrogens is 214 g/mol. The molecule has 0 bridgehead atoms. The molecule has 2 heteroatoms. The van der Waals surface area contributed by atoms with Crippen molar-refractivity contribution in [1.29, 1.82) is 0 Å². The summed E-state index contributed by atoms with van der Waals surface area (Å²) < 4.78 is 0. The van der Waals surface area contributed by atoms with Gasteiger partial charge in [0.1, 0.15) is 0 Å². The maximum atomic E-state index is 3.72. The summed E-state index contributed by atoms with van der Waals surface area (Å²) >= 11 is 1.92. The second-order valence-corrected chi connectivity index (χ2v) is 7.33. The van der Waals surface area contributed by atoms with Gasteiger partial charge in [0.15, 0.2) is 0 Å². The zero-order chi connectivity index (χ0) is 11.8. The predicted molar refractivity (Wildman–Crippen MR) is 72.1 cm³/mol. The summed E-state index contributed by atoms with van der Waals surface area (Å²) in [4.78, 5) is 1.59. The van der Waals surface area contributed by atoms with E-state index in [1.807, 2.05) is 11.3 Å². The molecule has 1 unspecified atom stereocenters. The summed E-state index contributed by atoms with van der Waals surface area (Å²) in [6.07, 6.45) is 3.71. The number of hydrogen-bond acceptors (Lipinski definition) is 2. The van der Waals surface area contributed by atoms with Crippen LogP contribution in [0.4, 0.5) is 0 Å². The number of rotatable bonds is 2. The van der Waals surface area contributed by atoms with Gasteiger partial charge in [-0.3, -0.25) is 0 Å². The molecule has 1 atom stereocenters. The van der Waals surface area contributed by atoms with Crippen molar-refractivity contribution in [2.75, 3.05) is 6.54 Å². The Morgan fingerprint density at radius 3 is 2.88 bits per heavy atom. The van der Waals surface area contributed by atoms with Crippen LogP contribution in [0.1, 0.15) is 51.0 Å². The Kier molecular flexibility index (Phi) is 3.15. The van der Waals surface area contributed by atoms with E-state index in [1.54, 1.807) is 10.4 Å². The van der Waals surface area contributed by atoms with Crippen LogP contribution in [0.15, 0.2) is 11.4 Å². The Balaban J connectivity index is 2.15. The highest BCUT2D eigenvalue weighted by Crippen LogP contribution is 2.37. The highest BCUT2D eigenvalue weighted by atomic mass is 32.1. The van der Waals surface area contributed by atoms with Gasteiger partial charge in [0.05, 0.1) is 0 Å². The normalized spacial score (nSPS) is 25.5. The number of hydrogen-bond donors (Lipinski definition) is 1. The van der Waals surface area contributed by atoms with Gasteiger partial charge in [-0.15, -0.1) is 11.3 Å². The summed E-state index contributed by atoms with van der Waals surface area (Å²) in [5.41, 5.74) is 2.19. The van der Waals surface area contributed by atoms with Crippen LogP contribution in [0, 0.1) is 5.41 Å². The van der Waals surface area contributed by atoms with Crippen LogP contribution in [0.25, 0.3) is 0 Å². The third-order valence-corrected chi connectivity index (χ3v) is 4.56. The Morgan fingerprint density at radius 2 is 2.19 bits per heavy atom. The summed E-state index contributed by atoms with van der Waals surface area (Å²) in [5, 5.41) is 5.96. The molecule has 0 fully saturated rings. The van der Waals surface area contributed by atoms with Crippen LogP contribution in [0.5, 0.6) is 0 Å². The van der Waals surface area contributed by atoms with Gasteiger partial charge in [0.25, 0.3) is 0 Å². The van der Waals surface area contributed by atoms with Crippen molar-refractivity contribution in [2.45, 2.75) is 52.5 Å². The lowest BCUT2D eigenvalue weighted by Crippen LogP contribution is -2.44. The highest BCUT2D eigenvalue weighted by molar-refractivity contribution is 7.10. The minimum Gasteiger partial charge on any atom is -0.307 e. The monoisotopic (exact) mass is 237 g/mol. The van der Waals surface area contributed by atoms with Crippen molar-refractivity contribution >= 4 is 11.3 Å². The molecule has 0 saturated heterocycles. The van der Waals surface area contributed by atoms with Crippen LogP contribution in [-0.2, 0) is 12.0 Å². The summed E-state index contributed by atoms with van der Waals surface area (Å²) in [6.45, 7) is 10.5. The van der Waals surface area contributed by atoms with Gasteiger partial charge in [0.2, 0.25) is 0 Å². The Bertz CT molecular complexity index is 361. The molecule has 1 aromatic rings. The van der Waals surface area contributed by atoms with E-state index in [4.69, 9.17) is 0 Å². The minimum atomic E-state index is 0.209. The maximum Gasteiger partial charge on any atom is 0.0417 e. The lowest BCUT2D eigenvalue weighted by molar-refractivity contribution is 0.258. The summed E-state index contributed by atoms with van der Waals surface area (Å²) in [7, 11) is 0. The molecule has 0 aromatic carbocycles. The summed E-state index contributed by atoms with van der Waals surface area (Å²) in [6, 6.07) is 2.31. The second kappa shape index (κ2) is 4.15. The molecule has 1 N–H and O–H groups in total. The number of fused-ring (bicyclic) bond motifs is 1. The lowest BCUT2D eigenvalue weighted by atomic mass is 9.79. The van der Waals surface area contributed by atoms with E-state index >= 15 is 0 Å². The topological polar surface area (TPSA) is 12.0 Å². The molecule has 16 heavy (non-hydrogen) atoms. The Morgan fingerprint density at radius 1 is 1.44 bits per heavy atom. The zero-order valence-corrected chi connectivity index (χ0v) is 11.7. The van der Waals surface area contributed by atoms with Crippen molar-refractivity contribution in [3.63, 3.8) is 0 Å². The van der Waals surface area contributed by atoms with Crippen molar-refractivity contribution in [2.24, 2.45) is 5.41 Å². The van der Waals surface area contributed by atoms with Gasteiger partial charge in [-0.1, -0.05) is 20.8 Å². The first kappa shape index (κ1) is 12.1. The van der Waals surface area contributed by atoms with Crippen molar-refractivity contribution in [3.8, 4) is 0 Å². The average Bonchev–Trinajstić information content (AvgIpc) is 2.64. The van der Waals surface area contributed by atoms with E-state index in [-0.39, 0.29) is 5.54 Å². The van der Waals surface area contributed by atoms with E-state index in [2.05, 4.69) is 44.5 Å². The fourth-order valence-electron chi connectivity index (χ4n) is 2.42. The molecule has 0 saturated carbocycles. The maximum absolute atomic E-state index is 3.72. The zero-order valence-electron chi connectivity index (χ0n) is 10.9. The molecule has 1 aromatic heterocycles. The molecule has 1 aliphatic heterocycles. The fourth-order valence-corrected chi connectivity index (χ4v) is 3.43. The van der Waals surface area contributed by atoms with Crippen LogP contribution < -0.4 is 5.32 Å². The third-order valence-electron chi connectivity index (χ3n) is 3.58. The quantitative estimate of drug-likeness (QED) is 0.821. The molecule has 1 aliphatic rings. The first-order chi connectivity index (χ1) is 7.41. The smallest absolute Gasteiger partial charge is 0.0417 e. The standard InChI is InChI=1S/C14H23NS/c1-13(2,3)7-8-14(4)11-6-10-16-12(11)5-9-15-14/h6,10,15H,5,7-9H2,1-4H3. The molecular formula is C14H23NS. The molecule has 1 nitrogen and oxygen atoms in total. The molecule has 0 amide bonds. The van der Waals surface area contributed by atoms with E-state index in [9.17, 15) is 0 Å². The van der Waals surface area contributed by atoms with Gasteiger partial charge >= 0.3 is 0 Å². The largest absolute Gasteiger partial charge is 0.307 e. The SMILES string of the molecule is CC(C)(C)CCC1(C)NCCc2sccc21. The van der Waals surface area contributed by atoms with Gasteiger partial charge in [0, 0.05) is 17.0 Å². The first-order valence-corrected chi connectivity index (χ1v) is 7.11. The van der Waals surface area contributed by atoms with Gasteiger partial charge in [-0.05, 0) is 48.6 Å². The van der Waals surface area contributed by atoms with Crippen molar-refractivity contribution in [1.82, 2.24) is 5.32 Å². The number of nitrogens with one attached hydrogen (secondary N) is 1. The van der Waals surface area contributed by atoms with Crippen molar-refractivity contribution in [3.05, 3.63) is 21.9 Å². The average molecular weight is 237 g/mol. The van der Waals surface area contributed by atoms with Crippen LogP contribution in [0.2, 0.25) is 0 Å². The molecule has 0 aliphatic carbocycles. The van der Waals surface area contributed by atoms with Gasteiger partial charge in [-0.25, -0.2) is 0 Å². The molecule has 0 radical (unpaired) electrons. The molecule has 2 rings (SSSR count). The van der Waals surface area contributed by atoms with Crippen LogP contribution >= 0.6 is 11.3 Å². The lowest BCUT2D eigenvalue weighted by Gasteiger charge is -2.37. The predicted octanol–water partition coefficient (Wildman–Crippen LogP) is 3.94. The summed E-state index contributed by atoms with van der Waals surface area (Å²) in [5.74, 6) is 0. The molecule has 0 spiro atoms. The third kappa shape index (κ3) is 2.49. The second-order valence-electron chi connectivity index (χ2n) is 6.33. The Labute approximate surface area is 103 Å². The first-order valence-electron chi connectivity index (χ1n) is 6.23. The van der Waals surface area contributed by atoms with Crippen LogP contribution in [-0.4, -0.2) is 6.54 Å². The Hall–Kier alpha value is -0.340.